The number of nitrogens with zero attached hydrogens (tertiary/aromatic N) is 3. The third kappa shape index (κ3) is 8.91. The summed E-state index contributed by atoms with van der Waals surface area (Å²) in [7, 11) is 5.22. The first-order chi connectivity index (χ1) is 20.2. The number of rotatable bonds is 13. The van der Waals surface area contributed by atoms with Gasteiger partial charge in [0.05, 0.1) is 14.2 Å². The number of carbonyl (C=O) groups excluding carboxylic acids is 1. The minimum absolute atomic E-state index is 0.149. The van der Waals surface area contributed by atoms with Gasteiger partial charge in [-0.05, 0) is 65.9 Å². The molecule has 1 amide bonds. The Morgan fingerprint density at radius 3 is 2.48 bits per heavy atom. The maximum absolute atomic E-state index is 12.8. The molecular weight excluding hydrogens is 615 g/mol. The van der Waals surface area contributed by atoms with Crippen molar-refractivity contribution in [3.63, 3.8) is 0 Å². The molecule has 0 saturated heterocycles. The molecule has 0 atom stereocenters. The molecule has 0 unspecified atom stereocenters. The number of carbonyl (C=O) groups is 1. The van der Waals surface area contributed by atoms with Crippen molar-refractivity contribution in [2.45, 2.75) is 23.8 Å². The Morgan fingerprint density at radius 1 is 0.905 bits per heavy atom. The van der Waals surface area contributed by atoms with Gasteiger partial charge in [-0.2, -0.15) is 0 Å². The summed E-state index contributed by atoms with van der Waals surface area (Å²) in [6, 6.07) is 20.5. The molecule has 7 nitrogen and oxygen atoms in total. The highest BCUT2D eigenvalue weighted by atomic mass is 35.5. The van der Waals surface area contributed by atoms with E-state index in [9.17, 15) is 4.79 Å². The Labute approximate surface area is 265 Å². The molecule has 4 rings (SSSR count). The number of ether oxygens (including phenoxy) is 2. The van der Waals surface area contributed by atoms with Crippen LogP contribution in [0.2, 0.25) is 15.2 Å². The topological polar surface area (TPSA) is 76.6 Å². The van der Waals surface area contributed by atoms with Gasteiger partial charge >= 0.3 is 0 Å². The molecule has 11 heteroatoms. The zero-order valence-corrected chi connectivity index (χ0v) is 26.6. The Bertz CT molecular complexity index is 1540. The zero-order valence-electron chi connectivity index (χ0n) is 23.5. The quantitative estimate of drug-likeness (QED) is 0.0923. The number of thioether (sulfide) groups is 1. The van der Waals surface area contributed by atoms with Crippen LogP contribution >= 0.6 is 46.6 Å². The van der Waals surface area contributed by atoms with E-state index >= 15 is 0 Å². The normalized spacial score (nSPS) is 10.8. The van der Waals surface area contributed by atoms with Crippen LogP contribution in [-0.2, 0) is 18.6 Å². The Hall–Kier alpha value is -3.17. The fourth-order valence-electron chi connectivity index (χ4n) is 4.18. The van der Waals surface area contributed by atoms with Gasteiger partial charge in [-0.15, -0.1) is 0 Å². The minimum Gasteiger partial charge on any atom is -0.493 e. The molecule has 0 aliphatic heterocycles. The largest absolute Gasteiger partial charge is 0.493 e. The molecular formula is C31H31Cl3N4O3S. The van der Waals surface area contributed by atoms with Crippen molar-refractivity contribution in [1.29, 1.82) is 0 Å². The van der Waals surface area contributed by atoms with Crippen LogP contribution in [0.1, 0.15) is 27.0 Å². The summed E-state index contributed by atoms with van der Waals surface area (Å²) >= 11 is 20.0. The predicted octanol–water partition coefficient (Wildman–Crippen LogP) is 7.40. The number of amides is 1. The van der Waals surface area contributed by atoms with Gasteiger partial charge in [-0.25, -0.2) is 9.97 Å². The van der Waals surface area contributed by atoms with E-state index in [-0.39, 0.29) is 5.91 Å². The highest BCUT2D eigenvalue weighted by Crippen LogP contribution is 2.29. The van der Waals surface area contributed by atoms with Gasteiger partial charge < -0.3 is 19.7 Å². The third-order valence-corrected chi connectivity index (χ3v) is 8.19. The van der Waals surface area contributed by atoms with Gasteiger partial charge in [0, 0.05) is 47.6 Å². The van der Waals surface area contributed by atoms with Crippen molar-refractivity contribution < 1.29 is 14.3 Å². The summed E-state index contributed by atoms with van der Waals surface area (Å²) in [5, 5.41) is 5.06. The molecule has 1 aromatic heterocycles. The summed E-state index contributed by atoms with van der Waals surface area (Å²) < 4.78 is 10.7. The number of hydrogen-bond acceptors (Lipinski definition) is 7. The molecule has 0 aliphatic rings. The molecule has 0 spiro atoms. The summed E-state index contributed by atoms with van der Waals surface area (Å²) in [6.45, 7) is 1.17. The molecule has 4 aromatic rings. The number of methoxy groups -OCH3 is 2. The number of hydrogen-bond donors (Lipinski definition) is 1. The van der Waals surface area contributed by atoms with Crippen LogP contribution in [-0.4, -0.2) is 50.2 Å². The standard InChI is InChI=1S/C31H31Cl3N4O3S/c1-38(14-12-20-7-10-26(40-2)27(16-20)41-3)29-18-28(34)36-31(37-29)42-19-21-5-4-6-23(15-21)30(39)35-13-11-22-8-9-24(32)17-25(22)33/h4-10,15-18H,11-14,19H2,1-3H3,(H,35,39). The maximum Gasteiger partial charge on any atom is 0.251 e. The first-order valence-electron chi connectivity index (χ1n) is 13.2. The van der Waals surface area contributed by atoms with Crippen molar-refractivity contribution in [2.24, 2.45) is 0 Å². The van der Waals surface area contributed by atoms with Gasteiger partial charge in [0.15, 0.2) is 16.7 Å². The van der Waals surface area contributed by atoms with Crippen molar-refractivity contribution in [3.8, 4) is 11.5 Å². The van der Waals surface area contributed by atoms with E-state index in [0.717, 1.165) is 28.9 Å². The summed E-state index contributed by atoms with van der Waals surface area (Å²) in [5.74, 6) is 2.56. The third-order valence-electron chi connectivity index (χ3n) is 6.49. The van der Waals surface area contributed by atoms with Gasteiger partial charge in [-0.1, -0.05) is 70.8 Å². The second-order valence-electron chi connectivity index (χ2n) is 9.42. The average molecular weight is 646 g/mol. The Balaban J connectivity index is 1.32. The lowest BCUT2D eigenvalue weighted by Gasteiger charge is -2.19. The average Bonchev–Trinajstić information content (AvgIpc) is 2.99. The maximum atomic E-state index is 12.8. The fourth-order valence-corrected chi connectivity index (χ4v) is 5.71. The fraction of sp³-hybridized carbons (Fsp3) is 0.258. The molecule has 42 heavy (non-hydrogen) atoms. The van der Waals surface area contributed by atoms with E-state index < -0.39 is 0 Å². The summed E-state index contributed by atoms with van der Waals surface area (Å²) in [5.41, 5.74) is 3.60. The lowest BCUT2D eigenvalue weighted by atomic mass is 10.1. The highest BCUT2D eigenvalue weighted by molar-refractivity contribution is 7.98. The smallest absolute Gasteiger partial charge is 0.251 e. The van der Waals surface area contributed by atoms with Crippen LogP contribution < -0.4 is 19.7 Å². The van der Waals surface area contributed by atoms with Crippen LogP contribution in [0.25, 0.3) is 0 Å². The summed E-state index contributed by atoms with van der Waals surface area (Å²) in [6.07, 6.45) is 1.39. The predicted molar refractivity (Wildman–Crippen MR) is 172 cm³/mol. The second kappa shape index (κ2) is 15.3. The van der Waals surface area contributed by atoms with E-state index in [1.807, 2.05) is 54.4 Å². The van der Waals surface area contributed by atoms with Gasteiger partial charge in [-0.3, -0.25) is 4.79 Å². The van der Waals surface area contributed by atoms with Crippen LogP contribution in [0.5, 0.6) is 11.5 Å². The molecule has 0 radical (unpaired) electrons. The molecule has 1 N–H and O–H groups in total. The van der Waals surface area contributed by atoms with E-state index in [0.29, 0.717) is 62.7 Å². The Morgan fingerprint density at radius 2 is 1.71 bits per heavy atom. The zero-order chi connectivity index (χ0) is 30.1. The first kappa shape index (κ1) is 31.8. The van der Waals surface area contributed by atoms with Gasteiger partial charge in [0.25, 0.3) is 5.91 Å². The van der Waals surface area contributed by atoms with E-state index in [1.165, 1.54) is 11.8 Å². The van der Waals surface area contributed by atoms with Crippen molar-refractivity contribution in [3.05, 3.63) is 104 Å². The molecule has 0 saturated carbocycles. The van der Waals surface area contributed by atoms with Crippen LogP contribution in [0.15, 0.2) is 71.9 Å². The van der Waals surface area contributed by atoms with Crippen molar-refractivity contribution in [2.75, 3.05) is 39.3 Å². The molecule has 0 aliphatic carbocycles. The van der Waals surface area contributed by atoms with Crippen molar-refractivity contribution >= 4 is 58.3 Å². The van der Waals surface area contributed by atoms with Crippen LogP contribution in [0.4, 0.5) is 5.82 Å². The first-order valence-corrected chi connectivity index (χ1v) is 15.3. The van der Waals surface area contributed by atoms with E-state index in [1.54, 1.807) is 38.5 Å². The number of nitrogens with one attached hydrogen (secondary N) is 1. The highest BCUT2D eigenvalue weighted by Gasteiger charge is 2.12. The molecule has 0 bridgehead atoms. The van der Waals surface area contributed by atoms with Crippen LogP contribution in [0, 0.1) is 0 Å². The molecule has 3 aromatic carbocycles. The Kier molecular flexibility index (Phi) is 11.6. The minimum atomic E-state index is -0.149. The summed E-state index contributed by atoms with van der Waals surface area (Å²) in [4.78, 5) is 23.9. The monoisotopic (exact) mass is 644 g/mol. The molecule has 0 fully saturated rings. The van der Waals surface area contributed by atoms with E-state index in [2.05, 4.69) is 10.3 Å². The van der Waals surface area contributed by atoms with E-state index in [4.69, 9.17) is 49.3 Å². The number of likely N-dealkylation sites (N-methyl/N-ethyl adjacent to an activating group) is 1. The lowest BCUT2D eigenvalue weighted by molar-refractivity contribution is 0.0954. The van der Waals surface area contributed by atoms with Crippen molar-refractivity contribution in [1.82, 2.24) is 15.3 Å². The SMILES string of the molecule is COc1ccc(CCN(C)c2cc(Cl)nc(SCc3cccc(C(=O)NCCc4ccc(Cl)cc4Cl)c3)n2)cc1OC. The number of halogens is 3. The van der Waals surface area contributed by atoms with Gasteiger partial charge in [0.2, 0.25) is 0 Å². The van der Waals surface area contributed by atoms with Crippen LogP contribution in [0.3, 0.4) is 0 Å². The molecule has 1 heterocycles. The number of aromatic nitrogens is 2. The lowest BCUT2D eigenvalue weighted by Crippen LogP contribution is -2.25. The second-order valence-corrected chi connectivity index (χ2v) is 11.6. The number of anilines is 1. The number of benzene rings is 3. The van der Waals surface area contributed by atoms with Gasteiger partial charge in [0.1, 0.15) is 11.0 Å². The molecule has 220 valence electrons.